The number of carbonyl (C=O) groups is 3. The molecule has 0 aromatic rings. The van der Waals surface area contributed by atoms with Gasteiger partial charge in [-0.3, -0.25) is 9.69 Å². The Kier molecular flexibility index (Phi) is 6.64. The molecular weight excluding hydrogens is 266 g/mol. The van der Waals surface area contributed by atoms with E-state index in [2.05, 4.69) is 0 Å². The molecule has 20 heavy (non-hydrogen) atoms. The largest absolute Gasteiger partial charge is 0.480 e. The molecule has 7 heteroatoms. The molecule has 0 bridgehead atoms. The molecule has 0 saturated heterocycles. The average molecular weight is 289 g/mol. The monoisotopic (exact) mass is 289 g/mol. The van der Waals surface area contributed by atoms with Gasteiger partial charge in [-0.1, -0.05) is 0 Å². The van der Waals surface area contributed by atoms with Crippen LogP contribution in [0.25, 0.3) is 0 Å². The van der Waals surface area contributed by atoms with Gasteiger partial charge in [0.15, 0.2) is 11.8 Å². The predicted molar refractivity (Wildman–Crippen MR) is 71.5 cm³/mol. The highest BCUT2D eigenvalue weighted by atomic mass is 16.6. The number of aliphatic carboxylic acids is 1. The molecular formula is C13H23NO6. The minimum absolute atomic E-state index is 0.201. The summed E-state index contributed by atoms with van der Waals surface area (Å²) in [5.41, 5.74) is -0.724. The van der Waals surface area contributed by atoms with Crippen LogP contribution in [0.4, 0.5) is 4.79 Å². The van der Waals surface area contributed by atoms with Crippen molar-refractivity contribution in [3.63, 3.8) is 0 Å². The Bertz CT molecular complexity index is 374. The molecule has 7 nitrogen and oxygen atoms in total. The second kappa shape index (κ2) is 7.23. The summed E-state index contributed by atoms with van der Waals surface area (Å²) in [5.74, 6) is -1.45. The average Bonchev–Trinajstić information content (AvgIpc) is 2.23. The van der Waals surface area contributed by atoms with Crippen LogP contribution in [0.15, 0.2) is 0 Å². The second-order valence-electron chi connectivity index (χ2n) is 5.59. The van der Waals surface area contributed by atoms with E-state index in [9.17, 15) is 19.5 Å². The molecule has 1 N–H and O–H groups in total. The first-order valence-electron chi connectivity index (χ1n) is 6.25. The van der Waals surface area contributed by atoms with Crippen LogP contribution < -0.4 is 0 Å². The highest BCUT2D eigenvalue weighted by Crippen LogP contribution is 2.14. The summed E-state index contributed by atoms with van der Waals surface area (Å²) >= 11 is 0. The molecule has 0 rings (SSSR count). The molecule has 0 aliphatic heterocycles. The van der Waals surface area contributed by atoms with Crippen LogP contribution in [-0.4, -0.2) is 59.3 Å². The standard InChI is InChI=1S/C13H23NO6/c1-8(15)7-19-9(2)10(11(16)17)14(6)12(18)20-13(3,4)5/h9-10H,7H2,1-6H3,(H,16,17)/t9-,10+/m1/s1. The normalized spacial score (nSPS) is 14.3. The lowest BCUT2D eigenvalue weighted by molar-refractivity contribution is -0.149. The van der Waals surface area contributed by atoms with E-state index in [4.69, 9.17) is 9.47 Å². The molecule has 0 aromatic carbocycles. The first-order valence-corrected chi connectivity index (χ1v) is 6.25. The van der Waals surface area contributed by atoms with Gasteiger partial charge in [-0.15, -0.1) is 0 Å². The number of Topliss-reactive ketones (excluding diaryl/α,β-unsaturated/α-hetero) is 1. The van der Waals surface area contributed by atoms with Crippen molar-refractivity contribution < 1.29 is 29.0 Å². The van der Waals surface area contributed by atoms with Gasteiger partial charge in [-0.2, -0.15) is 0 Å². The Morgan fingerprint density at radius 3 is 2.10 bits per heavy atom. The van der Waals surface area contributed by atoms with Crippen molar-refractivity contribution >= 4 is 17.8 Å². The van der Waals surface area contributed by atoms with Gasteiger partial charge in [-0.25, -0.2) is 9.59 Å². The number of hydrogen-bond donors (Lipinski definition) is 1. The number of hydrogen-bond acceptors (Lipinski definition) is 5. The van der Waals surface area contributed by atoms with Crippen LogP contribution in [0.3, 0.4) is 0 Å². The minimum Gasteiger partial charge on any atom is -0.480 e. The molecule has 0 unspecified atom stereocenters. The number of nitrogens with zero attached hydrogens (tertiary/aromatic N) is 1. The summed E-state index contributed by atoms with van der Waals surface area (Å²) < 4.78 is 10.3. The van der Waals surface area contributed by atoms with Crippen LogP contribution in [0, 0.1) is 0 Å². The number of ether oxygens (including phenoxy) is 2. The molecule has 0 fully saturated rings. The Balaban J connectivity index is 4.86. The van der Waals surface area contributed by atoms with E-state index in [1.807, 2.05) is 0 Å². The lowest BCUT2D eigenvalue weighted by Crippen LogP contribution is -2.51. The number of amides is 1. The van der Waals surface area contributed by atoms with Crippen LogP contribution in [0.5, 0.6) is 0 Å². The van der Waals surface area contributed by atoms with Crippen molar-refractivity contribution in [2.45, 2.75) is 52.4 Å². The van der Waals surface area contributed by atoms with Crippen LogP contribution >= 0.6 is 0 Å². The molecule has 116 valence electrons. The smallest absolute Gasteiger partial charge is 0.410 e. The molecule has 0 aliphatic carbocycles. The molecule has 0 aromatic heterocycles. The van der Waals surface area contributed by atoms with E-state index < -0.39 is 29.8 Å². The van der Waals surface area contributed by atoms with Crippen molar-refractivity contribution in [3.05, 3.63) is 0 Å². The zero-order valence-electron chi connectivity index (χ0n) is 12.8. The number of likely N-dealkylation sites (N-methyl/N-ethyl adjacent to an activating group) is 1. The van der Waals surface area contributed by atoms with Gasteiger partial charge in [-0.05, 0) is 34.6 Å². The molecule has 1 amide bonds. The van der Waals surface area contributed by atoms with Gasteiger partial charge in [0, 0.05) is 7.05 Å². The number of rotatable bonds is 6. The van der Waals surface area contributed by atoms with Gasteiger partial charge in [0.2, 0.25) is 0 Å². The topological polar surface area (TPSA) is 93.1 Å². The first-order chi connectivity index (χ1) is 8.95. The maximum Gasteiger partial charge on any atom is 0.410 e. The Labute approximate surface area is 118 Å². The van der Waals surface area contributed by atoms with Crippen LogP contribution in [0.2, 0.25) is 0 Å². The van der Waals surface area contributed by atoms with Gasteiger partial charge in [0.25, 0.3) is 0 Å². The lowest BCUT2D eigenvalue weighted by atomic mass is 10.1. The Morgan fingerprint density at radius 1 is 1.25 bits per heavy atom. The predicted octanol–water partition coefficient (Wildman–Crippen LogP) is 1.30. The van der Waals surface area contributed by atoms with E-state index in [1.54, 1.807) is 20.8 Å². The summed E-state index contributed by atoms with van der Waals surface area (Å²) in [6, 6.07) is -1.23. The van der Waals surface area contributed by atoms with Gasteiger partial charge in [0.05, 0.1) is 6.10 Å². The van der Waals surface area contributed by atoms with E-state index in [0.717, 1.165) is 4.90 Å². The van der Waals surface area contributed by atoms with Crippen molar-refractivity contribution in [2.75, 3.05) is 13.7 Å². The van der Waals surface area contributed by atoms with E-state index in [-0.39, 0.29) is 12.4 Å². The second-order valence-corrected chi connectivity index (χ2v) is 5.59. The van der Waals surface area contributed by atoms with E-state index in [0.29, 0.717) is 0 Å². The fourth-order valence-electron chi connectivity index (χ4n) is 1.47. The SMILES string of the molecule is CC(=O)CO[C@H](C)[C@@H](C(=O)O)N(C)C(=O)OC(C)(C)C. The highest BCUT2D eigenvalue weighted by Gasteiger charge is 2.35. The molecule has 0 heterocycles. The lowest BCUT2D eigenvalue weighted by Gasteiger charge is -2.31. The van der Waals surface area contributed by atoms with Crippen molar-refractivity contribution in [1.82, 2.24) is 4.90 Å². The summed E-state index contributed by atoms with van der Waals surface area (Å²) in [6.45, 7) is 7.67. The maximum atomic E-state index is 11.9. The molecule has 0 spiro atoms. The first kappa shape index (κ1) is 18.4. The number of carboxylic acids is 1. The number of carbonyl (C=O) groups excluding carboxylic acids is 2. The molecule has 2 atom stereocenters. The summed E-state index contributed by atoms with van der Waals surface area (Å²) in [6.07, 6.45) is -1.60. The van der Waals surface area contributed by atoms with E-state index >= 15 is 0 Å². The van der Waals surface area contributed by atoms with Crippen molar-refractivity contribution in [1.29, 1.82) is 0 Å². The third-order valence-corrected chi connectivity index (χ3v) is 2.35. The Hall–Kier alpha value is -1.63. The third kappa shape index (κ3) is 6.51. The number of ketones is 1. The zero-order valence-corrected chi connectivity index (χ0v) is 12.8. The van der Waals surface area contributed by atoms with Gasteiger partial charge < -0.3 is 14.6 Å². The quantitative estimate of drug-likeness (QED) is 0.792. The highest BCUT2D eigenvalue weighted by molar-refractivity contribution is 5.81. The summed E-state index contributed by atoms with van der Waals surface area (Å²) in [7, 11) is 1.32. The summed E-state index contributed by atoms with van der Waals surface area (Å²) in [4.78, 5) is 35.0. The van der Waals surface area contributed by atoms with E-state index in [1.165, 1.54) is 20.9 Å². The molecule has 0 radical (unpaired) electrons. The number of carboxylic acid groups (broad SMARTS) is 1. The third-order valence-electron chi connectivity index (χ3n) is 2.35. The maximum absolute atomic E-state index is 11.9. The van der Waals surface area contributed by atoms with Crippen molar-refractivity contribution in [2.24, 2.45) is 0 Å². The fourth-order valence-corrected chi connectivity index (χ4v) is 1.47. The minimum atomic E-state index is -1.23. The molecule has 0 aliphatic rings. The Morgan fingerprint density at radius 2 is 1.75 bits per heavy atom. The van der Waals surface area contributed by atoms with Crippen LogP contribution in [-0.2, 0) is 19.1 Å². The van der Waals surface area contributed by atoms with Gasteiger partial charge in [0.1, 0.15) is 12.2 Å². The molecule has 0 saturated carbocycles. The van der Waals surface area contributed by atoms with Gasteiger partial charge >= 0.3 is 12.1 Å². The van der Waals surface area contributed by atoms with Crippen molar-refractivity contribution in [3.8, 4) is 0 Å². The fraction of sp³-hybridized carbons (Fsp3) is 0.769. The van der Waals surface area contributed by atoms with Crippen LogP contribution in [0.1, 0.15) is 34.6 Å². The zero-order chi connectivity index (χ0) is 16.1. The summed E-state index contributed by atoms with van der Waals surface area (Å²) in [5, 5.41) is 9.21.